The van der Waals surface area contributed by atoms with Crippen molar-refractivity contribution in [2.45, 2.75) is 26.4 Å². The fraction of sp³-hybridized carbons (Fsp3) is 0.438. The largest absolute Gasteiger partial charge is 0.444 e. The van der Waals surface area contributed by atoms with Gasteiger partial charge < -0.3 is 15.4 Å². The summed E-state index contributed by atoms with van der Waals surface area (Å²) in [6, 6.07) is 7.64. The Balaban J connectivity index is 2.09. The van der Waals surface area contributed by atoms with E-state index >= 15 is 0 Å². The van der Waals surface area contributed by atoms with Gasteiger partial charge in [-0.3, -0.25) is 0 Å². The van der Waals surface area contributed by atoms with E-state index in [9.17, 15) is 4.79 Å². The van der Waals surface area contributed by atoms with Gasteiger partial charge in [-0.15, -0.1) is 0 Å². The van der Waals surface area contributed by atoms with Crippen molar-refractivity contribution in [3.8, 4) is 0 Å². The van der Waals surface area contributed by atoms with Gasteiger partial charge in [0.2, 0.25) is 0 Å². The monoisotopic (exact) mass is 310 g/mol. The lowest BCUT2D eigenvalue weighted by molar-refractivity contribution is 0.0528. The third kappa shape index (κ3) is 9.10. The summed E-state index contributed by atoms with van der Waals surface area (Å²) in [5.74, 6) is 0. The highest BCUT2D eigenvalue weighted by Crippen LogP contribution is 2.10. The summed E-state index contributed by atoms with van der Waals surface area (Å²) in [5, 5.41) is 6.63. The third-order valence-electron chi connectivity index (χ3n) is 2.41. The quantitative estimate of drug-likeness (QED) is 0.791. The Labute approximate surface area is 131 Å². The number of hydrogen-bond acceptors (Lipinski definition) is 3. The third-order valence-corrected chi connectivity index (χ3v) is 2.66. The second-order valence-electron chi connectivity index (χ2n) is 5.59. The van der Waals surface area contributed by atoms with Crippen LogP contribution in [0.25, 0.3) is 6.08 Å². The van der Waals surface area contributed by atoms with Crippen molar-refractivity contribution in [2.24, 2.45) is 0 Å². The molecule has 1 aromatic carbocycles. The maximum Gasteiger partial charge on any atom is 0.407 e. The van der Waals surface area contributed by atoms with E-state index in [0.29, 0.717) is 13.1 Å². The van der Waals surface area contributed by atoms with Crippen LogP contribution in [0.15, 0.2) is 30.3 Å². The lowest BCUT2D eigenvalue weighted by Crippen LogP contribution is -2.36. The van der Waals surface area contributed by atoms with Gasteiger partial charge in [-0.25, -0.2) is 4.79 Å². The Kier molecular flexibility index (Phi) is 7.26. The predicted octanol–water partition coefficient (Wildman–Crippen LogP) is 3.47. The topological polar surface area (TPSA) is 50.4 Å². The van der Waals surface area contributed by atoms with Crippen molar-refractivity contribution in [2.75, 3.05) is 19.6 Å². The predicted molar refractivity (Wildman–Crippen MR) is 87.6 cm³/mol. The van der Waals surface area contributed by atoms with Crippen LogP contribution in [0.1, 0.15) is 26.3 Å². The van der Waals surface area contributed by atoms with Crippen molar-refractivity contribution in [3.63, 3.8) is 0 Å². The SMILES string of the molecule is CC(C)(C)OC(=O)NCCNC/C=C/c1ccc(Cl)cc1. The Morgan fingerprint density at radius 2 is 1.90 bits per heavy atom. The highest BCUT2D eigenvalue weighted by molar-refractivity contribution is 6.30. The zero-order valence-corrected chi connectivity index (χ0v) is 13.5. The first-order chi connectivity index (χ1) is 9.87. The van der Waals surface area contributed by atoms with Gasteiger partial charge in [0.05, 0.1) is 0 Å². The molecular weight excluding hydrogens is 288 g/mol. The normalized spacial score (nSPS) is 11.6. The number of rotatable bonds is 6. The van der Waals surface area contributed by atoms with Crippen molar-refractivity contribution >= 4 is 23.8 Å². The molecule has 21 heavy (non-hydrogen) atoms. The Morgan fingerprint density at radius 3 is 2.52 bits per heavy atom. The van der Waals surface area contributed by atoms with E-state index in [1.807, 2.05) is 57.2 Å². The lowest BCUT2D eigenvalue weighted by atomic mass is 10.2. The average molecular weight is 311 g/mol. The van der Waals surface area contributed by atoms with Gasteiger partial charge in [0.1, 0.15) is 5.60 Å². The Bertz CT molecular complexity index is 464. The smallest absolute Gasteiger partial charge is 0.407 e. The Morgan fingerprint density at radius 1 is 1.24 bits per heavy atom. The minimum absolute atomic E-state index is 0.388. The summed E-state index contributed by atoms with van der Waals surface area (Å²) < 4.78 is 5.13. The number of benzene rings is 1. The summed E-state index contributed by atoms with van der Waals surface area (Å²) >= 11 is 5.81. The van der Waals surface area contributed by atoms with Crippen LogP contribution in [0.4, 0.5) is 4.79 Å². The van der Waals surface area contributed by atoms with Gasteiger partial charge >= 0.3 is 6.09 Å². The van der Waals surface area contributed by atoms with Crippen LogP contribution in [0.2, 0.25) is 5.02 Å². The molecule has 1 rings (SSSR count). The van der Waals surface area contributed by atoms with Crippen LogP contribution in [-0.4, -0.2) is 31.3 Å². The molecule has 0 radical (unpaired) electrons. The number of carbonyl (C=O) groups excluding carboxylic acids is 1. The van der Waals surface area contributed by atoms with Crippen LogP contribution in [0.5, 0.6) is 0 Å². The van der Waals surface area contributed by atoms with Gasteiger partial charge in [0, 0.05) is 24.7 Å². The van der Waals surface area contributed by atoms with Gasteiger partial charge in [0.25, 0.3) is 0 Å². The number of halogens is 1. The molecule has 0 heterocycles. The number of hydrogen-bond donors (Lipinski definition) is 2. The summed E-state index contributed by atoms with van der Waals surface area (Å²) in [6.07, 6.45) is 3.66. The molecule has 0 unspecified atom stereocenters. The maximum atomic E-state index is 11.4. The zero-order valence-electron chi connectivity index (χ0n) is 12.8. The fourth-order valence-electron chi connectivity index (χ4n) is 1.52. The molecule has 0 atom stereocenters. The van der Waals surface area contributed by atoms with Crippen molar-refractivity contribution in [1.29, 1.82) is 0 Å². The van der Waals surface area contributed by atoms with E-state index < -0.39 is 5.60 Å². The molecule has 0 fully saturated rings. The van der Waals surface area contributed by atoms with Crippen molar-refractivity contribution in [3.05, 3.63) is 40.9 Å². The van der Waals surface area contributed by atoms with E-state index in [0.717, 1.165) is 17.1 Å². The summed E-state index contributed by atoms with van der Waals surface area (Å²) in [6.45, 7) is 7.47. The summed E-state index contributed by atoms with van der Waals surface area (Å²) in [4.78, 5) is 11.4. The molecule has 4 nitrogen and oxygen atoms in total. The number of amides is 1. The molecule has 1 aromatic rings. The minimum atomic E-state index is -0.459. The van der Waals surface area contributed by atoms with Crippen LogP contribution in [-0.2, 0) is 4.74 Å². The average Bonchev–Trinajstić information content (AvgIpc) is 2.37. The van der Waals surface area contributed by atoms with Crippen LogP contribution in [0.3, 0.4) is 0 Å². The van der Waals surface area contributed by atoms with E-state index in [4.69, 9.17) is 16.3 Å². The van der Waals surface area contributed by atoms with E-state index in [2.05, 4.69) is 10.6 Å². The van der Waals surface area contributed by atoms with Gasteiger partial charge in [-0.05, 0) is 38.5 Å². The highest BCUT2D eigenvalue weighted by Gasteiger charge is 2.15. The molecule has 0 saturated carbocycles. The molecule has 0 aliphatic heterocycles. The number of nitrogens with one attached hydrogen (secondary N) is 2. The molecule has 0 aliphatic rings. The Hall–Kier alpha value is -1.52. The second kappa shape index (κ2) is 8.70. The van der Waals surface area contributed by atoms with Crippen LogP contribution >= 0.6 is 11.6 Å². The fourth-order valence-corrected chi connectivity index (χ4v) is 1.65. The van der Waals surface area contributed by atoms with Crippen LogP contribution in [0, 0.1) is 0 Å². The number of ether oxygens (including phenoxy) is 1. The summed E-state index contributed by atoms with van der Waals surface area (Å²) in [7, 11) is 0. The molecular formula is C16H23ClN2O2. The maximum absolute atomic E-state index is 11.4. The molecule has 0 aromatic heterocycles. The zero-order chi connectivity index (χ0) is 15.7. The molecule has 0 bridgehead atoms. The number of carbonyl (C=O) groups is 1. The minimum Gasteiger partial charge on any atom is -0.444 e. The molecule has 5 heteroatoms. The lowest BCUT2D eigenvalue weighted by Gasteiger charge is -2.19. The standard InChI is InChI=1S/C16H23ClN2O2/c1-16(2,3)21-15(20)19-12-11-18-10-4-5-13-6-8-14(17)9-7-13/h4-9,18H,10-12H2,1-3H3,(H,19,20)/b5-4+. The first-order valence-electron chi connectivity index (χ1n) is 6.96. The molecule has 0 saturated heterocycles. The first-order valence-corrected chi connectivity index (χ1v) is 7.34. The molecule has 0 aliphatic carbocycles. The van der Waals surface area contributed by atoms with Gasteiger partial charge in [-0.1, -0.05) is 35.9 Å². The molecule has 116 valence electrons. The summed E-state index contributed by atoms with van der Waals surface area (Å²) in [5.41, 5.74) is 0.645. The van der Waals surface area contributed by atoms with E-state index in [-0.39, 0.29) is 6.09 Å². The van der Waals surface area contributed by atoms with E-state index in [1.54, 1.807) is 0 Å². The van der Waals surface area contributed by atoms with Gasteiger partial charge in [-0.2, -0.15) is 0 Å². The van der Waals surface area contributed by atoms with Crippen molar-refractivity contribution in [1.82, 2.24) is 10.6 Å². The highest BCUT2D eigenvalue weighted by atomic mass is 35.5. The second-order valence-corrected chi connectivity index (χ2v) is 6.02. The molecule has 1 amide bonds. The first kappa shape index (κ1) is 17.5. The number of alkyl carbamates (subject to hydrolysis) is 1. The molecule has 2 N–H and O–H groups in total. The van der Waals surface area contributed by atoms with Crippen LogP contribution < -0.4 is 10.6 Å². The van der Waals surface area contributed by atoms with Crippen molar-refractivity contribution < 1.29 is 9.53 Å². The van der Waals surface area contributed by atoms with E-state index in [1.165, 1.54) is 0 Å². The molecule has 0 spiro atoms. The van der Waals surface area contributed by atoms with Gasteiger partial charge in [0.15, 0.2) is 0 Å².